The molecule has 20 heavy (non-hydrogen) atoms. The summed E-state index contributed by atoms with van der Waals surface area (Å²) in [5, 5.41) is 2.94. The zero-order valence-corrected chi connectivity index (χ0v) is 13.2. The van der Waals surface area contributed by atoms with Crippen molar-refractivity contribution in [3.8, 4) is 0 Å². The van der Waals surface area contributed by atoms with Crippen LogP contribution in [0, 0.1) is 5.92 Å². The van der Waals surface area contributed by atoms with Gasteiger partial charge < -0.3 is 15.1 Å². The van der Waals surface area contributed by atoms with E-state index in [9.17, 15) is 13.2 Å². The van der Waals surface area contributed by atoms with Crippen molar-refractivity contribution in [1.29, 1.82) is 0 Å². The summed E-state index contributed by atoms with van der Waals surface area (Å²) < 4.78 is 22.9. The van der Waals surface area contributed by atoms with Crippen LogP contribution in [0.3, 0.4) is 0 Å². The number of likely N-dealkylation sites (tertiary alicyclic amines) is 1. The second-order valence-corrected chi connectivity index (χ2v) is 8.13. The molecule has 0 aromatic rings. The molecule has 2 heterocycles. The maximum Gasteiger partial charge on any atom is 0.317 e. The molecule has 7 heteroatoms. The predicted octanol–water partition coefficient (Wildman–Crippen LogP) is 0.157. The molecule has 2 aliphatic rings. The molecule has 1 N–H and O–H groups in total. The van der Waals surface area contributed by atoms with Crippen molar-refractivity contribution in [3.63, 3.8) is 0 Å². The first-order chi connectivity index (χ1) is 9.41. The van der Waals surface area contributed by atoms with Crippen LogP contribution in [0.5, 0.6) is 0 Å². The predicted molar refractivity (Wildman–Crippen MR) is 78.4 cm³/mol. The van der Waals surface area contributed by atoms with Gasteiger partial charge in [0.1, 0.15) is 0 Å². The minimum Gasteiger partial charge on any atom is -0.338 e. The lowest BCUT2D eigenvalue weighted by Gasteiger charge is -2.24. The van der Waals surface area contributed by atoms with Gasteiger partial charge in [-0.05, 0) is 31.8 Å². The first kappa shape index (κ1) is 15.6. The standard InChI is InChI=1S/C13H25N3O3S/c1-3-16-6-4-11(9-16)8-14-13(17)15(2)12-5-7-20(18,19)10-12/h11-12H,3-10H2,1-2H3,(H,14,17)/t11-,12+/m0/s1. The van der Waals surface area contributed by atoms with Gasteiger partial charge >= 0.3 is 6.03 Å². The molecule has 0 spiro atoms. The van der Waals surface area contributed by atoms with E-state index in [1.54, 1.807) is 11.9 Å². The fourth-order valence-electron chi connectivity index (χ4n) is 2.97. The van der Waals surface area contributed by atoms with Gasteiger partial charge in [0.15, 0.2) is 9.84 Å². The zero-order chi connectivity index (χ0) is 14.8. The highest BCUT2D eigenvalue weighted by atomic mass is 32.2. The molecule has 0 aromatic carbocycles. The molecule has 0 aliphatic carbocycles. The van der Waals surface area contributed by atoms with Gasteiger partial charge in [-0.1, -0.05) is 6.92 Å². The van der Waals surface area contributed by atoms with Crippen molar-refractivity contribution in [2.75, 3.05) is 44.7 Å². The highest BCUT2D eigenvalue weighted by Crippen LogP contribution is 2.17. The number of carbonyl (C=O) groups excluding carboxylic acids is 1. The summed E-state index contributed by atoms with van der Waals surface area (Å²) in [7, 11) is -1.26. The number of nitrogens with zero attached hydrogens (tertiary/aromatic N) is 2. The third-order valence-corrected chi connectivity index (χ3v) is 6.19. The lowest BCUT2D eigenvalue weighted by molar-refractivity contribution is 0.193. The van der Waals surface area contributed by atoms with Crippen LogP contribution >= 0.6 is 0 Å². The van der Waals surface area contributed by atoms with Crippen molar-refractivity contribution in [2.24, 2.45) is 5.92 Å². The topological polar surface area (TPSA) is 69.7 Å². The van der Waals surface area contributed by atoms with E-state index >= 15 is 0 Å². The Balaban J connectivity index is 1.75. The van der Waals surface area contributed by atoms with Crippen LogP contribution in [0.2, 0.25) is 0 Å². The van der Waals surface area contributed by atoms with E-state index in [0.29, 0.717) is 18.9 Å². The van der Waals surface area contributed by atoms with Gasteiger partial charge in [0.2, 0.25) is 0 Å². The number of amides is 2. The first-order valence-corrected chi connectivity index (χ1v) is 9.17. The molecule has 6 nitrogen and oxygen atoms in total. The van der Waals surface area contributed by atoms with E-state index in [4.69, 9.17) is 0 Å². The highest BCUT2D eigenvalue weighted by molar-refractivity contribution is 7.91. The summed E-state index contributed by atoms with van der Waals surface area (Å²) >= 11 is 0. The molecule has 116 valence electrons. The van der Waals surface area contributed by atoms with Gasteiger partial charge in [0.25, 0.3) is 0 Å². The lowest BCUT2D eigenvalue weighted by Crippen LogP contribution is -2.45. The zero-order valence-electron chi connectivity index (χ0n) is 12.3. The Morgan fingerprint density at radius 3 is 2.70 bits per heavy atom. The summed E-state index contributed by atoms with van der Waals surface area (Å²) in [6, 6.07) is -0.322. The Labute approximate surface area is 121 Å². The SMILES string of the molecule is CCN1CC[C@@H](CNC(=O)N(C)[C@@H]2CCS(=O)(=O)C2)C1. The summed E-state index contributed by atoms with van der Waals surface area (Å²) in [6.45, 7) is 6.03. The first-order valence-electron chi connectivity index (χ1n) is 7.34. The second kappa shape index (κ2) is 6.30. The monoisotopic (exact) mass is 303 g/mol. The van der Waals surface area contributed by atoms with Crippen molar-refractivity contribution in [2.45, 2.75) is 25.8 Å². The Morgan fingerprint density at radius 1 is 1.40 bits per heavy atom. The molecular weight excluding hydrogens is 278 g/mol. The van der Waals surface area contributed by atoms with Gasteiger partial charge in [-0.15, -0.1) is 0 Å². The summed E-state index contributed by atoms with van der Waals surface area (Å²) in [6.07, 6.45) is 1.68. The van der Waals surface area contributed by atoms with Crippen LogP contribution < -0.4 is 5.32 Å². The summed E-state index contributed by atoms with van der Waals surface area (Å²) in [5.74, 6) is 0.812. The smallest absolute Gasteiger partial charge is 0.317 e. The van der Waals surface area contributed by atoms with Crippen LogP contribution in [0.25, 0.3) is 0 Å². The quantitative estimate of drug-likeness (QED) is 0.803. The van der Waals surface area contributed by atoms with Crippen molar-refractivity contribution in [1.82, 2.24) is 15.1 Å². The maximum absolute atomic E-state index is 12.1. The van der Waals surface area contributed by atoms with Crippen molar-refractivity contribution < 1.29 is 13.2 Å². The molecule has 2 aliphatic heterocycles. The average molecular weight is 303 g/mol. The van der Waals surface area contributed by atoms with E-state index in [1.807, 2.05) is 0 Å². The van der Waals surface area contributed by atoms with Crippen LogP contribution in [0.4, 0.5) is 4.79 Å². The van der Waals surface area contributed by atoms with E-state index in [1.165, 1.54) is 0 Å². The van der Waals surface area contributed by atoms with Crippen molar-refractivity contribution >= 4 is 15.9 Å². The Morgan fingerprint density at radius 2 is 2.15 bits per heavy atom. The van der Waals surface area contributed by atoms with Crippen molar-refractivity contribution in [3.05, 3.63) is 0 Å². The molecule has 2 atom stereocenters. The van der Waals surface area contributed by atoms with Gasteiger partial charge in [0, 0.05) is 26.2 Å². The van der Waals surface area contributed by atoms with Gasteiger partial charge in [-0.25, -0.2) is 13.2 Å². The number of rotatable bonds is 4. The fraction of sp³-hybridized carbons (Fsp3) is 0.923. The molecule has 0 unspecified atom stereocenters. The number of urea groups is 1. The van der Waals surface area contributed by atoms with Crippen LogP contribution in [-0.4, -0.2) is 75.0 Å². The van der Waals surface area contributed by atoms with E-state index in [-0.39, 0.29) is 23.6 Å². The van der Waals surface area contributed by atoms with Crippen LogP contribution in [-0.2, 0) is 9.84 Å². The summed E-state index contributed by atoms with van der Waals surface area (Å²) in [4.78, 5) is 16.0. The molecule has 0 saturated carbocycles. The molecule has 2 amide bonds. The molecule has 0 radical (unpaired) electrons. The third-order valence-electron chi connectivity index (χ3n) is 4.44. The highest BCUT2D eigenvalue weighted by Gasteiger charge is 2.33. The molecule has 0 bridgehead atoms. The van der Waals surface area contributed by atoms with E-state index in [0.717, 1.165) is 26.1 Å². The van der Waals surface area contributed by atoms with Crippen LogP contribution in [0.1, 0.15) is 19.8 Å². The molecular formula is C13H25N3O3S. The number of sulfone groups is 1. The van der Waals surface area contributed by atoms with Gasteiger partial charge in [-0.2, -0.15) is 0 Å². The number of carbonyl (C=O) groups is 1. The van der Waals surface area contributed by atoms with E-state index in [2.05, 4.69) is 17.1 Å². The lowest BCUT2D eigenvalue weighted by atomic mass is 10.1. The summed E-state index contributed by atoms with van der Waals surface area (Å²) in [5.41, 5.74) is 0. The fourth-order valence-corrected chi connectivity index (χ4v) is 4.74. The minimum atomic E-state index is -2.94. The number of hydrogen-bond acceptors (Lipinski definition) is 4. The molecule has 0 aromatic heterocycles. The van der Waals surface area contributed by atoms with Gasteiger partial charge in [0.05, 0.1) is 11.5 Å². The number of nitrogens with one attached hydrogen (secondary N) is 1. The Bertz CT molecular complexity index is 452. The Kier molecular flexibility index (Phi) is 4.90. The van der Waals surface area contributed by atoms with Crippen LogP contribution in [0.15, 0.2) is 0 Å². The number of hydrogen-bond donors (Lipinski definition) is 1. The maximum atomic E-state index is 12.1. The third kappa shape index (κ3) is 3.85. The molecule has 2 saturated heterocycles. The average Bonchev–Trinajstić information content (AvgIpc) is 3.01. The van der Waals surface area contributed by atoms with Gasteiger partial charge in [-0.3, -0.25) is 0 Å². The Hall–Kier alpha value is -0.820. The molecule has 2 fully saturated rings. The largest absolute Gasteiger partial charge is 0.338 e. The molecule has 2 rings (SSSR count). The minimum absolute atomic E-state index is 0.101. The van der Waals surface area contributed by atoms with E-state index < -0.39 is 9.84 Å². The second-order valence-electron chi connectivity index (χ2n) is 5.90. The normalized spacial score (nSPS) is 29.5.